The van der Waals surface area contributed by atoms with E-state index in [4.69, 9.17) is 26.0 Å². The van der Waals surface area contributed by atoms with Gasteiger partial charge in [-0.15, -0.1) is 0 Å². The van der Waals surface area contributed by atoms with Gasteiger partial charge >= 0.3 is 35.8 Å². The number of rotatable bonds is 9. The van der Waals surface area contributed by atoms with Crippen molar-refractivity contribution in [2.45, 2.75) is 66.2 Å². The number of methoxy groups -OCH3 is 3. The number of carbonyl (C=O) groups is 8. The molecular weight excluding hydrogens is 681 g/mol. The molecule has 0 aromatic carbocycles. The monoisotopic (exact) mass is 723 g/mol. The van der Waals surface area contributed by atoms with Gasteiger partial charge in [-0.3, -0.25) is 38.4 Å². The van der Waals surface area contributed by atoms with Gasteiger partial charge in [-0.1, -0.05) is 14.9 Å². The lowest BCUT2D eigenvalue weighted by Gasteiger charge is -2.08. The molecular formula is C24H44Cl3NO15S. The number of nitrogens with zero attached hydrogens (tertiary/aromatic N) is 1. The number of cyclic esters (lactones) is 2. The van der Waals surface area contributed by atoms with E-state index in [1.807, 2.05) is 0 Å². The molecule has 0 spiro atoms. The molecule has 1 amide bonds. The molecule has 0 aromatic rings. The number of hydrogen-bond acceptors (Lipinski definition) is 14. The van der Waals surface area contributed by atoms with Gasteiger partial charge in [0.2, 0.25) is 20.4 Å². The first-order chi connectivity index (χ1) is 19.4. The van der Waals surface area contributed by atoms with E-state index in [0.717, 1.165) is 7.11 Å². The summed E-state index contributed by atoms with van der Waals surface area (Å²) < 4.78 is 26.0. The number of hydrogen-bond donors (Lipinski definition) is 2. The molecule has 0 radical (unpaired) electrons. The summed E-state index contributed by atoms with van der Waals surface area (Å²) in [6, 6.07) is 0. The minimum atomic E-state index is -1.67. The second kappa shape index (κ2) is 40.1. The average Bonchev–Trinajstić information content (AvgIpc) is 3.32. The van der Waals surface area contributed by atoms with Gasteiger partial charge in [0.1, 0.15) is 0 Å². The molecule has 0 aliphatic carbocycles. The van der Waals surface area contributed by atoms with Crippen LogP contribution >= 0.6 is 33.0 Å². The number of amides is 1. The predicted molar refractivity (Wildman–Crippen MR) is 163 cm³/mol. The molecule has 20 heteroatoms. The Morgan fingerprint density at radius 2 is 1.05 bits per heavy atom. The molecule has 1 rings (SSSR count). The maximum atomic E-state index is 10.9. The van der Waals surface area contributed by atoms with Gasteiger partial charge < -0.3 is 34.1 Å². The molecule has 0 atom stereocenters. The third-order valence-electron chi connectivity index (χ3n) is 3.55. The quantitative estimate of drug-likeness (QED) is 0.150. The first kappa shape index (κ1) is 56.9. The van der Waals surface area contributed by atoms with Crippen LogP contribution in [0.4, 0.5) is 0 Å². The van der Waals surface area contributed by atoms with Gasteiger partial charge in [0.05, 0.1) is 59.9 Å². The number of aliphatic hydroxyl groups excluding tert-OH is 1. The largest absolute Gasteiger partial charge is 0.481 e. The number of carboxylic acid groups (broad SMARTS) is 1. The third-order valence-corrected chi connectivity index (χ3v) is 3.74. The average molecular weight is 725 g/mol. The fourth-order valence-electron chi connectivity index (χ4n) is 1.58. The van der Waals surface area contributed by atoms with E-state index >= 15 is 0 Å². The van der Waals surface area contributed by atoms with Crippen LogP contribution in [0.25, 0.3) is 0 Å². The molecule has 0 bridgehead atoms. The summed E-state index contributed by atoms with van der Waals surface area (Å²) in [6.07, 6.45) is 0.816. The highest BCUT2D eigenvalue weighted by atomic mass is 36.0. The second-order valence-electron chi connectivity index (χ2n) is 6.80. The molecule has 262 valence electrons. The van der Waals surface area contributed by atoms with E-state index in [9.17, 15) is 38.4 Å². The third kappa shape index (κ3) is 58.7. The van der Waals surface area contributed by atoms with Crippen LogP contribution in [0.5, 0.6) is 0 Å². The van der Waals surface area contributed by atoms with Gasteiger partial charge in [-0.25, -0.2) is 4.21 Å². The lowest BCUT2D eigenvalue weighted by atomic mass is 10.3. The minimum absolute atomic E-state index is 0. The zero-order chi connectivity index (χ0) is 34.3. The molecule has 16 nitrogen and oxygen atoms in total. The van der Waals surface area contributed by atoms with Crippen molar-refractivity contribution >= 4 is 89.2 Å². The van der Waals surface area contributed by atoms with E-state index in [1.165, 1.54) is 26.2 Å². The highest BCUT2D eigenvalue weighted by molar-refractivity contribution is 8.26. The van der Waals surface area contributed by atoms with Crippen LogP contribution in [0, 0.1) is 0 Å². The first-order valence-electron chi connectivity index (χ1n) is 11.2. The van der Waals surface area contributed by atoms with E-state index < -0.39 is 44.3 Å². The molecule has 1 aliphatic heterocycles. The predicted octanol–water partition coefficient (Wildman–Crippen LogP) is 2.53. The van der Waals surface area contributed by atoms with Crippen LogP contribution in [-0.2, 0) is 66.5 Å². The zero-order valence-corrected chi connectivity index (χ0v) is 26.9. The first-order valence-corrected chi connectivity index (χ1v) is 14.3. The van der Waals surface area contributed by atoms with Crippen LogP contribution in [0.3, 0.4) is 0 Å². The lowest BCUT2D eigenvalue weighted by molar-refractivity contribution is -0.152. The zero-order valence-electron chi connectivity index (χ0n) is 23.8. The van der Waals surface area contributed by atoms with Gasteiger partial charge in [-0.05, 0) is 11.6 Å². The molecule has 2 N–H and O–H groups in total. The lowest BCUT2D eigenvalue weighted by Crippen LogP contribution is -2.22. The molecule has 1 fully saturated rings. The van der Waals surface area contributed by atoms with E-state index in [0.29, 0.717) is 0 Å². The Morgan fingerprint density at radius 1 is 0.750 bits per heavy atom. The SMILES string of the molecule is C.C.CO.COC(=O)CCC(=O)Cl.COC(=O)CCC(=O)N(C)C.COC(=O)CCC(=O)O.O=C1CCC(=O)O1.O=S(Cl)Cl. The number of carbonyl (C=O) groups excluding carboxylic acids is 7. The Hall–Kier alpha value is -2.86. The number of esters is 5. The molecule has 1 heterocycles. The Balaban J connectivity index is -0.0000000776. The van der Waals surface area contributed by atoms with Crippen LogP contribution in [0.1, 0.15) is 66.2 Å². The number of halogens is 3. The Morgan fingerprint density at radius 3 is 1.25 bits per heavy atom. The maximum Gasteiger partial charge on any atom is 0.314 e. The van der Waals surface area contributed by atoms with Crippen molar-refractivity contribution in [3.8, 4) is 0 Å². The van der Waals surface area contributed by atoms with Crippen molar-refractivity contribution in [2.24, 2.45) is 0 Å². The van der Waals surface area contributed by atoms with Crippen LogP contribution in [0.2, 0.25) is 0 Å². The summed E-state index contributed by atoms with van der Waals surface area (Å²) in [6.45, 7) is 0. The van der Waals surface area contributed by atoms with Gasteiger partial charge in [0.15, 0.2) is 0 Å². The number of aliphatic hydroxyl groups is 1. The fraction of sp³-hybridized carbons (Fsp3) is 0.667. The maximum absolute atomic E-state index is 10.9. The van der Waals surface area contributed by atoms with Crippen LogP contribution in [-0.4, -0.2) is 109 Å². The van der Waals surface area contributed by atoms with Crippen LogP contribution in [0.15, 0.2) is 0 Å². The highest BCUT2D eigenvalue weighted by Gasteiger charge is 2.19. The van der Waals surface area contributed by atoms with Crippen molar-refractivity contribution < 1.29 is 71.7 Å². The van der Waals surface area contributed by atoms with Crippen molar-refractivity contribution in [2.75, 3.05) is 42.5 Å². The minimum Gasteiger partial charge on any atom is -0.481 e. The number of carboxylic acids is 1. The Bertz CT molecular complexity index is 824. The Labute approximate surface area is 274 Å². The number of ether oxygens (including phenoxy) is 4. The summed E-state index contributed by atoms with van der Waals surface area (Å²) in [5, 5.41) is 14.5. The summed E-state index contributed by atoms with van der Waals surface area (Å²) in [7, 11) is 15.5. The smallest absolute Gasteiger partial charge is 0.314 e. The normalized spacial score (nSPS) is 9.89. The molecule has 0 saturated carbocycles. The van der Waals surface area contributed by atoms with E-state index in [2.05, 4.69) is 40.3 Å². The Kier molecular flexibility index (Phi) is 51.9. The van der Waals surface area contributed by atoms with E-state index in [1.54, 1.807) is 14.1 Å². The standard InChI is InChI=1S/C7H13NO3.C5H7ClO3.C5H8O4.C4H4O3.CH4O.2CH4.Cl2OS/c1-8(2)6(9)4-5-7(10)11-3;2*1-9-5(8)3-2-4(6)7;5-3-1-2-4(6)7-3;1-2;;;1-4(2)3/h4-5H2,1-3H3;2-3H2,1H3;2-3H2,1H3,(H,6,7);1-2H2;2H,1H3;2*1H4;. The van der Waals surface area contributed by atoms with Crippen molar-refractivity contribution in [1.82, 2.24) is 4.90 Å². The summed E-state index contributed by atoms with van der Waals surface area (Å²) in [5.41, 5.74) is 0. The van der Waals surface area contributed by atoms with Crippen molar-refractivity contribution in [1.29, 1.82) is 0 Å². The van der Waals surface area contributed by atoms with Crippen molar-refractivity contribution in [3.05, 3.63) is 0 Å². The molecule has 1 saturated heterocycles. The molecule has 1 aliphatic rings. The van der Waals surface area contributed by atoms with Crippen molar-refractivity contribution in [3.63, 3.8) is 0 Å². The van der Waals surface area contributed by atoms with Crippen LogP contribution < -0.4 is 0 Å². The van der Waals surface area contributed by atoms with E-state index in [-0.39, 0.29) is 78.1 Å². The molecule has 44 heavy (non-hydrogen) atoms. The highest BCUT2D eigenvalue weighted by Crippen LogP contribution is 2.04. The molecule has 0 unspecified atom stereocenters. The summed E-state index contributed by atoms with van der Waals surface area (Å²) in [5.74, 6) is -3.09. The van der Waals surface area contributed by atoms with Gasteiger partial charge in [0.25, 0.3) is 0 Å². The van der Waals surface area contributed by atoms with Gasteiger partial charge in [0, 0.05) is 55.4 Å². The number of aliphatic carboxylic acids is 1. The summed E-state index contributed by atoms with van der Waals surface area (Å²) in [4.78, 5) is 83.2. The topological polar surface area (TPSA) is 234 Å². The second-order valence-corrected chi connectivity index (χ2v) is 9.74. The molecule has 0 aromatic heterocycles. The van der Waals surface area contributed by atoms with Gasteiger partial charge in [-0.2, -0.15) is 0 Å². The summed E-state index contributed by atoms with van der Waals surface area (Å²) >= 11 is 4.93. The fourth-order valence-corrected chi connectivity index (χ4v) is 1.68.